The highest BCUT2D eigenvalue weighted by Crippen LogP contribution is 1.74. The standard InChI is InChI=1S/3C4H12N.3HI/c3*1-5(2,3)4;;;/h3*1-4H3;3*1H/q3*+1;;;/p-3. The summed E-state index contributed by atoms with van der Waals surface area (Å²) in [6.07, 6.45) is 0. The van der Waals surface area contributed by atoms with Crippen LogP contribution in [0.5, 0.6) is 0 Å². The van der Waals surface area contributed by atoms with E-state index in [-0.39, 0.29) is 71.9 Å². The third kappa shape index (κ3) is 1230. The summed E-state index contributed by atoms with van der Waals surface area (Å²) in [5.74, 6) is 0. The molecule has 0 amide bonds. The summed E-state index contributed by atoms with van der Waals surface area (Å²) in [7, 11) is 25.5. The van der Waals surface area contributed by atoms with Gasteiger partial charge in [0.1, 0.15) is 0 Å². The zero-order valence-corrected chi connectivity index (χ0v) is 20.9. The quantitative estimate of drug-likeness (QED) is 0.191. The molecular weight excluding hydrogens is 567 g/mol. The van der Waals surface area contributed by atoms with Crippen molar-refractivity contribution < 1.29 is 85.4 Å². The van der Waals surface area contributed by atoms with Gasteiger partial charge in [0.15, 0.2) is 0 Å². The fourth-order valence-electron chi connectivity index (χ4n) is 0. The van der Waals surface area contributed by atoms with Crippen molar-refractivity contribution >= 4 is 0 Å². The highest BCUT2D eigenvalue weighted by atomic mass is 127. The first-order valence-electron chi connectivity index (χ1n) is 5.37. The van der Waals surface area contributed by atoms with Crippen LogP contribution in [0.15, 0.2) is 0 Å². The lowest BCUT2D eigenvalue weighted by molar-refractivity contribution is -0.849. The molecule has 0 aliphatic rings. The SMILES string of the molecule is C[N+](C)(C)C.C[N+](C)(C)C.C[N+](C)(C)C.[I-].[I-].[I-]. The van der Waals surface area contributed by atoms with Crippen LogP contribution in [0.3, 0.4) is 0 Å². The summed E-state index contributed by atoms with van der Waals surface area (Å²) in [6, 6.07) is 0. The summed E-state index contributed by atoms with van der Waals surface area (Å²) < 4.78 is 3.00. The first-order chi connectivity index (χ1) is 6.00. The van der Waals surface area contributed by atoms with Crippen molar-refractivity contribution in [3.05, 3.63) is 0 Å². The van der Waals surface area contributed by atoms with Crippen LogP contribution in [0.25, 0.3) is 0 Å². The van der Waals surface area contributed by atoms with Gasteiger partial charge >= 0.3 is 0 Å². The molecule has 0 radical (unpaired) electrons. The third-order valence-electron chi connectivity index (χ3n) is 0. The average Bonchev–Trinajstić information content (AvgIpc) is 1.41. The average molecular weight is 603 g/mol. The number of quaternary nitrogens is 3. The van der Waals surface area contributed by atoms with E-state index in [1.807, 2.05) is 0 Å². The van der Waals surface area contributed by atoms with E-state index in [0.29, 0.717) is 0 Å². The summed E-state index contributed by atoms with van der Waals surface area (Å²) >= 11 is 0. The van der Waals surface area contributed by atoms with Crippen LogP contribution in [-0.4, -0.2) is 98.0 Å². The molecular formula is C12H36I3N3. The van der Waals surface area contributed by atoms with Crippen molar-refractivity contribution in [2.45, 2.75) is 0 Å². The van der Waals surface area contributed by atoms with Gasteiger partial charge in [-0.1, -0.05) is 0 Å². The summed E-state index contributed by atoms with van der Waals surface area (Å²) in [5.41, 5.74) is 0. The van der Waals surface area contributed by atoms with Crippen molar-refractivity contribution in [3.63, 3.8) is 0 Å². The maximum atomic E-state index is 2.12. The van der Waals surface area contributed by atoms with Gasteiger partial charge in [-0.25, -0.2) is 0 Å². The molecule has 0 aromatic rings. The Kier molecular flexibility index (Phi) is 31.7. The number of nitrogens with zero attached hydrogens (tertiary/aromatic N) is 3. The lowest BCUT2D eigenvalue weighted by Crippen LogP contribution is -3.00. The molecule has 0 N–H and O–H groups in total. The smallest absolute Gasteiger partial charge is 0.0675 e. The van der Waals surface area contributed by atoms with E-state index in [1.54, 1.807) is 0 Å². The number of halogens is 3. The molecule has 0 heterocycles. The second-order valence-corrected chi connectivity index (χ2v) is 8.05. The van der Waals surface area contributed by atoms with Crippen molar-refractivity contribution in [2.75, 3.05) is 84.6 Å². The number of hydrogen-bond donors (Lipinski definition) is 0. The molecule has 0 saturated carbocycles. The zero-order valence-electron chi connectivity index (χ0n) is 14.5. The normalized spacial score (nSPS) is 10.0. The van der Waals surface area contributed by atoms with Gasteiger partial charge in [-0.3, -0.25) is 0 Å². The summed E-state index contributed by atoms with van der Waals surface area (Å²) in [5, 5.41) is 0. The number of hydrogen-bond acceptors (Lipinski definition) is 0. The maximum Gasteiger partial charge on any atom is 0.0675 e. The molecule has 0 fully saturated rings. The molecule has 0 bridgehead atoms. The van der Waals surface area contributed by atoms with Gasteiger partial charge in [0, 0.05) is 0 Å². The van der Waals surface area contributed by atoms with Crippen molar-refractivity contribution in [3.8, 4) is 0 Å². The van der Waals surface area contributed by atoms with E-state index in [1.165, 1.54) is 0 Å². The van der Waals surface area contributed by atoms with E-state index >= 15 is 0 Å². The van der Waals surface area contributed by atoms with Crippen molar-refractivity contribution in [2.24, 2.45) is 0 Å². The van der Waals surface area contributed by atoms with Crippen LogP contribution < -0.4 is 71.9 Å². The van der Waals surface area contributed by atoms with Crippen LogP contribution >= 0.6 is 0 Å². The molecule has 0 spiro atoms. The molecule has 0 aromatic heterocycles. The Morgan fingerprint density at radius 3 is 0.278 bits per heavy atom. The fourth-order valence-corrected chi connectivity index (χ4v) is 0. The van der Waals surface area contributed by atoms with Crippen molar-refractivity contribution in [1.29, 1.82) is 0 Å². The second kappa shape index (κ2) is 15.5. The molecule has 6 heteroatoms. The Balaban J connectivity index is -0.0000000277. The minimum absolute atomic E-state index is 0. The number of rotatable bonds is 0. The van der Waals surface area contributed by atoms with Gasteiger partial charge < -0.3 is 85.4 Å². The molecule has 0 saturated heterocycles. The van der Waals surface area contributed by atoms with E-state index in [9.17, 15) is 0 Å². The van der Waals surface area contributed by atoms with Gasteiger partial charge in [0.2, 0.25) is 0 Å². The molecule has 0 atom stereocenters. The lowest BCUT2D eigenvalue weighted by atomic mass is 10.8. The Hall–Kier alpha value is 2.07. The lowest BCUT2D eigenvalue weighted by Gasteiger charge is -2.14. The van der Waals surface area contributed by atoms with Gasteiger partial charge in [-0.15, -0.1) is 0 Å². The summed E-state index contributed by atoms with van der Waals surface area (Å²) in [4.78, 5) is 0. The Labute approximate surface area is 168 Å². The Bertz CT molecular complexity index is 97.6. The highest BCUT2D eigenvalue weighted by Gasteiger charge is 1.89. The maximum absolute atomic E-state index is 2.12. The molecule has 18 heavy (non-hydrogen) atoms. The minimum Gasteiger partial charge on any atom is -1.00 e. The molecule has 0 unspecified atom stereocenters. The van der Waals surface area contributed by atoms with Crippen LogP contribution in [-0.2, 0) is 0 Å². The largest absolute Gasteiger partial charge is 1.00 e. The van der Waals surface area contributed by atoms with Gasteiger partial charge in [-0.05, 0) is 0 Å². The predicted octanol–water partition coefficient (Wildman–Crippen LogP) is -8.02. The van der Waals surface area contributed by atoms with E-state index in [0.717, 1.165) is 13.4 Å². The molecule has 0 rings (SSSR count). The van der Waals surface area contributed by atoms with Gasteiger partial charge in [0.05, 0.1) is 84.6 Å². The first-order valence-corrected chi connectivity index (χ1v) is 5.37. The minimum atomic E-state index is 0. The van der Waals surface area contributed by atoms with Crippen LogP contribution in [0.4, 0.5) is 0 Å². The second-order valence-electron chi connectivity index (χ2n) is 8.05. The zero-order chi connectivity index (χ0) is 13.5. The van der Waals surface area contributed by atoms with Crippen LogP contribution in [0, 0.1) is 0 Å². The third-order valence-corrected chi connectivity index (χ3v) is 0. The van der Waals surface area contributed by atoms with Gasteiger partial charge in [0.25, 0.3) is 0 Å². The Morgan fingerprint density at radius 2 is 0.278 bits per heavy atom. The van der Waals surface area contributed by atoms with Gasteiger partial charge in [-0.2, -0.15) is 0 Å². The highest BCUT2D eigenvalue weighted by molar-refractivity contribution is 3.88. The first kappa shape index (κ1) is 36.9. The van der Waals surface area contributed by atoms with E-state index < -0.39 is 0 Å². The monoisotopic (exact) mass is 603 g/mol. The van der Waals surface area contributed by atoms with E-state index in [4.69, 9.17) is 0 Å². The fraction of sp³-hybridized carbons (Fsp3) is 1.00. The molecule has 0 aliphatic carbocycles. The van der Waals surface area contributed by atoms with Crippen molar-refractivity contribution in [1.82, 2.24) is 0 Å². The van der Waals surface area contributed by atoms with Crippen LogP contribution in [0.2, 0.25) is 0 Å². The molecule has 3 nitrogen and oxygen atoms in total. The van der Waals surface area contributed by atoms with E-state index in [2.05, 4.69) is 84.6 Å². The summed E-state index contributed by atoms with van der Waals surface area (Å²) in [6.45, 7) is 0. The predicted molar refractivity (Wildman–Crippen MR) is 71.9 cm³/mol. The van der Waals surface area contributed by atoms with Crippen LogP contribution in [0.1, 0.15) is 0 Å². The molecule has 120 valence electrons. The Morgan fingerprint density at radius 1 is 0.278 bits per heavy atom. The topological polar surface area (TPSA) is 0 Å². The molecule has 0 aromatic carbocycles. The molecule has 0 aliphatic heterocycles.